The molecule has 0 saturated heterocycles. The maximum Gasteiger partial charge on any atom is 0.164 e. The Morgan fingerprint density at radius 2 is 0.946 bits per heavy atom. The van der Waals surface area contributed by atoms with E-state index in [0.717, 1.165) is 72.6 Å². The SMILES string of the molecule is C=C(/C=C\c1oc2ccccc2c1C)c1nc(-c2ccccc2)nc(-c2cccc(-c3cccc(-c4cc(-c5ccccc5)nc(-c5ccccc5)n4)c3)c2)n1. The minimum atomic E-state index is 0.485. The van der Waals surface area contributed by atoms with Gasteiger partial charge in [-0.25, -0.2) is 24.9 Å². The minimum absolute atomic E-state index is 0.485. The molecule has 6 aromatic carbocycles. The first-order valence-electron chi connectivity index (χ1n) is 18.4. The summed E-state index contributed by atoms with van der Waals surface area (Å²) in [5, 5.41) is 1.09. The first kappa shape index (κ1) is 34.2. The summed E-state index contributed by atoms with van der Waals surface area (Å²) in [5.74, 6) is 3.06. The maximum absolute atomic E-state index is 6.13. The normalized spacial score (nSPS) is 11.3. The van der Waals surface area contributed by atoms with Crippen molar-refractivity contribution < 1.29 is 4.42 Å². The Balaban J connectivity index is 1.08. The highest BCUT2D eigenvalue weighted by Gasteiger charge is 2.15. The zero-order chi connectivity index (χ0) is 37.8. The molecule has 0 radical (unpaired) electrons. The van der Waals surface area contributed by atoms with Crippen molar-refractivity contribution in [3.05, 3.63) is 200 Å². The van der Waals surface area contributed by atoms with Crippen LogP contribution in [0.25, 0.3) is 90.4 Å². The number of nitrogens with zero attached hydrogens (tertiary/aromatic N) is 5. The number of hydrogen-bond donors (Lipinski definition) is 0. The van der Waals surface area contributed by atoms with E-state index in [1.165, 1.54) is 0 Å². The van der Waals surface area contributed by atoms with E-state index in [0.29, 0.717) is 28.9 Å². The van der Waals surface area contributed by atoms with Gasteiger partial charge in [0.1, 0.15) is 11.3 Å². The van der Waals surface area contributed by atoms with E-state index in [4.69, 9.17) is 29.3 Å². The third-order valence-corrected chi connectivity index (χ3v) is 9.71. The van der Waals surface area contributed by atoms with Crippen LogP contribution in [-0.4, -0.2) is 24.9 Å². The molecule has 0 saturated carbocycles. The topological polar surface area (TPSA) is 77.6 Å². The van der Waals surface area contributed by atoms with Gasteiger partial charge >= 0.3 is 0 Å². The molecule has 0 unspecified atom stereocenters. The van der Waals surface area contributed by atoms with Crippen LogP contribution in [0.1, 0.15) is 17.1 Å². The Hall–Kier alpha value is -7.57. The number of aryl methyl sites for hydroxylation is 1. The lowest BCUT2D eigenvalue weighted by Crippen LogP contribution is -2.02. The fourth-order valence-electron chi connectivity index (χ4n) is 6.73. The molecule has 266 valence electrons. The fourth-order valence-corrected chi connectivity index (χ4v) is 6.73. The number of benzene rings is 6. The summed E-state index contributed by atoms with van der Waals surface area (Å²) in [5.41, 5.74) is 11.1. The van der Waals surface area contributed by atoms with Crippen LogP contribution in [0.5, 0.6) is 0 Å². The van der Waals surface area contributed by atoms with Crippen molar-refractivity contribution in [3.8, 4) is 67.8 Å². The van der Waals surface area contributed by atoms with Gasteiger partial charge in [-0.3, -0.25) is 0 Å². The van der Waals surface area contributed by atoms with Gasteiger partial charge in [0.05, 0.1) is 11.4 Å². The third kappa shape index (κ3) is 7.07. The number of furan rings is 1. The van der Waals surface area contributed by atoms with Crippen molar-refractivity contribution in [3.63, 3.8) is 0 Å². The first-order valence-corrected chi connectivity index (χ1v) is 18.4. The van der Waals surface area contributed by atoms with Crippen LogP contribution in [0.15, 0.2) is 187 Å². The van der Waals surface area contributed by atoms with Crippen LogP contribution in [-0.2, 0) is 0 Å². The minimum Gasteiger partial charge on any atom is -0.456 e. The number of hydrogen-bond acceptors (Lipinski definition) is 6. The predicted molar refractivity (Wildman–Crippen MR) is 227 cm³/mol. The van der Waals surface area contributed by atoms with Crippen molar-refractivity contribution in [1.82, 2.24) is 24.9 Å². The summed E-state index contributed by atoms with van der Waals surface area (Å²) >= 11 is 0. The molecule has 0 amide bonds. The van der Waals surface area contributed by atoms with E-state index in [2.05, 4.69) is 74.2 Å². The van der Waals surface area contributed by atoms with Crippen LogP contribution in [0.3, 0.4) is 0 Å². The summed E-state index contributed by atoms with van der Waals surface area (Å²) in [6.45, 7) is 6.41. The second-order valence-electron chi connectivity index (χ2n) is 13.5. The molecule has 0 aliphatic heterocycles. The molecule has 0 spiro atoms. The van der Waals surface area contributed by atoms with Crippen molar-refractivity contribution in [2.45, 2.75) is 6.92 Å². The van der Waals surface area contributed by atoms with Crippen LogP contribution < -0.4 is 0 Å². The summed E-state index contributed by atoms with van der Waals surface area (Å²) < 4.78 is 6.13. The smallest absolute Gasteiger partial charge is 0.164 e. The molecular weight excluding hydrogens is 687 g/mol. The second kappa shape index (κ2) is 15.0. The number of fused-ring (bicyclic) bond motifs is 1. The lowest BCUT2D eigenvalue weighted by Gasteiger charge is -2.11. The lowest BCUT2D eigenvalue weighted by molar-refractivity contribution is 0.601. The third-order valence-electron chi connectivity index (χ3n) is 9.71. The molecular formula is C50H35N5O. The number of rotatable bonds is 9. The molecule has 3 aromatic heterocycles. The summed E-state index contributed by atoms with van der Waals surface area (Å²) in [7, 11) is 0. The van der Waals surface area contributed by atoms with Gasteiger partial charge in [0, 0.05) is 44.3 Å². The highest BCUT2D eigenvalue weighted by molar-refractivity contribution is 5.86. The van der Waals surface area contributed by atoms with E-state index in [1.807, 2.05) is 121 Å². The number of aromatic nitrogens is 5. The van der Waals surface area contributed by atoms with Gasteiger partial charge in [-0.15, -0.1) is 0 Å². The van der Waals surface area contributed by atoms with Crippen molar-refractivity contribution in [1.29, 1.82) is 0 Å². The van der Waals surface area contributed by atoms with Crippen molar-refractivity contribution >= 4 is 22.6 Å². The maximum atomic E-state index is 6.13. The van der Waals surface area contributed by atoms with Gasteiger partial charge in [-0.05, 0) is 54.5 Å². The molecule has 0 aliphatic rings. The Morgan fingerprint density at radius 3 is 1.59 bits per heavy atom. The van der Waals surface area contributed by atoms with E-state index in [-0.39, 0.29) is 0 Å². The van der Waals surface area contributed by atoms with Gasteiger partial charge in [0.25, 0.3) is 0 Å². The van der Waals surface area contributed by atoms with E-state index in [1.54, 1.807) is 0 Å². The molecule has 9 rings (SSSR count). The molecule has 0 aliphatic carbocycles. The first-order chi connectivity index (χ1) is 27.6. The molecule has 0 N–H and O–H groups in total. The second-order valence-corrected chi connectivity index (χ2v) is 13.5. The molecule has 56 heavy (non-hydrogen) atoms. The van der Waals surface area contributed by atoms with Crippen molar-refractivity contribution in [2.75, 3.05) is 0 Å². The van der Waals surface area contributed by atoms with Gasteiger partial charge in [0.2, 0.25) is 0 Å². The Bertz CT molecular complexity index is 2820. The largest absolute Gasteiger partial charge is 0.456 e. The van der Waals surface area contributed by atoms with Crippen LogP contribution in [0.2, 0.25) is 0 Å². The predicted octanol–water partition coefficient (Wildman–Crippen LogP) is 12.4. The Morgan fingerprint density at radius 1 is 0.464 bits per heavy atom. The van der Waals surface area contributed by atoms with Crippen LogP contribution in [0.4, 0.5) is 0 Å². The highest BCUT2D eigenvalue weighted by atomic mass is 16.3. The monoisotopic (exact) mass is 721 g/mol. The van der Waals surface area contributed by atoms with E-state index in [9.17, 15) is 0 Å². The van der Waals surface area contributed by atoms with Gasteiger partial charge in [0.15, 0.2) is 23.3 Å². The zero-order valence-corrected chi connectivity index (χ0v) is 30.7. The quantitative estimate of drug-likeness (QED) is 0.138. The zero-order valence-electron chi connectivity index (χ0n) is 30.7. The molecule has 6 nitrogen and oxygen atoms in total. The van der Waals surface area contributed by atoms with Crippen molar-refractivity contribution in [2.24, 2.45) is 0 Å². The molecule has 0 fully saturated rings. The summed E-state index contributed by atoms with van der Waals surface area (Å²) in [6, 6.07) is 57.1. The van der Waals surface area contributed by atoms with Gasteiger partial charge in [-0.2, -0.15) is 0 Å². The number of allylic oxidation sites excluding steroid dienone is 2. The molecule has 6 heteroatoms. The summed E-state index contributed by atoms with van der Waals surface area (Å²) in [4.78, 5) is 24.8. The fraction of sp³-hybridized carbons (Fsp3) is 0.0200. The number of para-hydroxylation sites is 1. The molecule has 0 atom stereocenters. The molecule has 3 heterocycles. The Labute approximate surface area is 325 Å². The van der Waals surface area contributed by atoms with Gasteiger partial charge < -0.3 is 4.42 Å². The molecule has 0 bridgehead atoms. The highest BCUT2D eigenvalue weighted by Crippen LogP contribution is 2.33. The average Bonchev–Trinajstić information content (AvgIpc) is 3.60. The molecule has 9 aromatic rings. The van der Waals surface area contributed by atoms with E-state index < -0.39 is 0 Å². The average molecular weight is 722 g/mol. The lowest BCUT2D eigenvalue weighted by atomic mass is 9.99. The van der Waals surface area contributed by atoms with Crippen LogP contribution >= 0.6 is 0 Å². The van der Waals surface area contributed by atoms with Gasteiger partial charge in [-0.1, -0.05) is 152 Å². The standard InChI is InChI=1S/C50H35N5O/c1-33(28-29-45-34(2)42-26-12-13-27-46(42)56-45)47-53-49(37-20-10-5-11-21-37)55-50(54-47)41-25-15-23-39(31-41)38-22-14-24-40(30-38)44-32-43(35-16-6-3-7-17-35)51-48(52-44)36-18-8-4-9-19-36/h3-32H,1H2,2H3/b29-28-. The van der Waals surface area contributed by atoms with Crippen LogP contribution in [0, 0.1) is 6.92 Å². The van der Waals surface area contributed by atoms with E-state index >= 15 is 0 Å². The Kier molecular flexibility index (Phi) is 9.19. The summed E-state index contributed by atoms with van der Waals surface area (Å²) in [6.07, 6.45) is 3.83.